The third-order valence-electron chi connectivity index (χ3n) is 4.29. The van der Waals surface area contributed by atoms with Crippen LogP contribution in [0.1, 0.15) is 35.9 Å². The van der Waals surface area contributed by atoms with E-state index in [9.17, 15) is 9.90 Å². The van der Waals surface area contributed by atoms with Crippen molar-refractivity contribution in [2.75, 3.05) is 19.0 Å². The molecule has 0 spiro atoms. The van der Waals surface area contributed by atoms with Gasteiger partial charge < -0.3 is 15.2 Å². The van der Waals surface area contributed by atoms with Gasteiger partial charge >= 0.3 is 0 Å². The van der Waals surface area contributed by atoms with Crippen molar-refractivity contribution < 1.29 is 9.84 Å². The molecule has 0 aromatic carbocycles. The smallest absolute Gasteiger partial charge is 0.258 e. The summed E-state index contributed by atoms with van der Waals surface area (Å²) in [5, 5.41) is 13.4. The van der Waals surface area contributed by atoms with Crippen LogP contribution in [0.2, 0.25) is 0 Å². The molecule has 3 aromatic heterocycles. The fourth-order valence-corrected chi connectivity index (χ4v) is 2.81. The molecule has 28 heavy (non-hydrogen) atoms. The number of aromatic amines is 1. The van der Waals surface area contributed by atoms with Crippen LogP contribution in [0.15, 0.2) is 53.7 Å². The van der Waals surface area contributed by atoms with Crippen molar-refractivity contribution in [3.05, 3.63) is 76.2 Å². The molecule has 3 N–H and O–H groups in total. The summed E-state index contributed by atoms with van der Waals surface area (Å²) in [6, 6.07) is 8.91. The van der Waals surface area contributed by atoms with E-state index >= 15 is 0 Å². The Morgan fingerprint density at radius 3 is 2.75 bits per heavy atom. The molecule has 0 aliphatic heterocycles. The van der Waals surface area contributed by atoms with E-state index in [2.05, 4.69) is 25.3 Å². The molecule has 0 saturated heterocycles. The number of nitrogens with one attached hydrogen (secondary N) is 2. The van der Waals surface area contributed by atoms with Gasteiger partial charge in [-0.1, -0.05) is 6.07 Å². The molecule has 3 rings (SSSR count). The van der Waals surface area contributed by atoms with Crippen LogP contribution >= 0.6 is 0 Å². The minimum Gasteiger partial charge on any atom is -0.495 e. The molecule has 0 bridgehead atoms. The molecule has 0 aliphatic carbocycles. The van der Waals surface area contributed by atoms with Crippen molar-refractivity contribution in [3.8, 4) is 5.75 Å². The highest BCUT2D eigenvalue weighted by molar-refractivity contribution is 5.29. The lowest BCUT2D eigenvalue weighted by molar-refractivity contribution is 0.213. The highest BCUT2D eigenvalue weighted by Crippen LogP contribution is 2.17. The largest absolute Gasteiger partial charge is 0.495 e. The number of nitrogens with zero attached hydrogens (tertiary/aromatic N) is 3. The van der Waals surface area contributed by atoms with Crippen LogP contribution in [0.3, 0.4) is 0 Å². The van der Waals surface area contributed by atoms with Gasteiger partial charge in [-0.2, -0.15) is 0 Å². The Labute approximate surface area is 162 Å². The average molecular weight is 381 g/mol. The van der Waals surface area contributed by atoms with Gasteiger partial charge in [0.15, 0.2) is 0 Å². The first kappa shape index (κ1) is 19.5. The van der Waals surface area contributed by atoms with Gasteiger partial charge in [-0.25, -0.2) is 4.98 Å². The number of hydrogen-bond donors (Lipinski definition) is 3. The van der Waals surface area contributed by atoms with Crippen LogP contribution in [-0.4, -0.2) is 38.7 Å². The normalized spacial score (nSPS) is 11.8. The lowest BCUT2D eigenvalue weighted by atomic mass is 10.1. The number of aryl methyl sites for hydroxylation is 1. The number of hydrogen-bond acceptors (Lipinski definition) is 7. The molecule has 8 heteroatoms. The molecule has 0 aliphatic rings. The fourth-order valence-electron chi connectivity index (χ4n) is 2.81. The number of aliphatic hydroxyl groups excluding tert-OH is 1. The monoisotopic (exact) mass is 381 g/mol. The summed E-state index contributed by atoms with van der Waals surface area (Å²) < 4.78 is 5.29. The molecule has 3 aromatic rings. The van der Waals surface area contributed by atoms with E-state index in [1.54, 1.807) is 37.7 Å². The van der Waals surface area contributed by atoms with Gasteiger partial charge in [-0.15, -0.1) is 0 Å². The first-order valence-corrected chi connectivity index (χ1v) is 9.09. The molecule has 3 heterocycles. The summed E-state index contributed by atoms with van der Waals surface area (Å²) in [5.41, 5.74) is 1.10. The molecular weight excluding hydrogens is 358 g/mol. The van der Waals surface area contributed by atoms with Gasteiger partial charge in [-0.3, -0.25) is 19.7 Å². The predicted octanol–water partition coefficient (Wildman–Crippen LogP) is 2.08. The van der Waals surface area contributed by atoms with Crippen molar-refractivity contribution >= 4 is 5.95 Å². The van der Waals surface area contributed by atoms with Crippen LogP contribution in [-0.2, 0) is 6.42 Å². The lowest BCUT2D eigenvalue weighted by Crippen LogP contribution is -2.20. The van der Waals surface area contributed by atoms with Crippen LogP contribution in [0.4, 0.5) is 5.95 Å². The first-order valence-electron chi connectivity index (χ1n) is 9.09. The molecule has 0 amide bonds. The minimum absolute atomic E-state index is 0.159. The maximum atomic E-state index is 12.3. The van der Waals surface area contributed by atoms with E-state index in [0.717, 1.165) is 30.7 Å². The Morgan fingerprint density at radius 2 is 2.00 bits per heavy atom. The molecule has 146 valence electrons. The third kappa shape index (κ3) is 4.92. The van der Waals surface area contributed by atoms with Crippen LogP contribution in [0, 0.1) is 0 Å². The van der Waals surface area contributed by atoms with E-state index in [1.165, 1.54) is 6.20 Å². The topological polar surface area (TPSA) is 113 Å². The summed E-state index contributed by atoms with van der Waals surface area (Å²) >= 11 is 0. The van der Waals surface area contributed by atoms with Crippen LogP contribution in [0.5, 0.6) is 5.75 Å². The quantitative estimate of drug-likeness (QED) is 0.486. The van der Waals surface area contributed by atoms with Gasteiger partial charge in [0.1, 0.15) is 11.9 Å². The second-order valence-electron chi connectivity index (χ2n) is 6.21. The highest BCUT2D eigenvalue weighted by Gasteiger charge is 2.16. The number of anilines is 1. The zero-order valence-electron chi connectivity index (χ0n) is 15.6. The molecular formula is C20H23N5O3. The van der Waals surface area contributed by atoms with Crippen molar-refractivity contribution in [1.29, 1.82) is 0 Å². The lowest BCUT2D eigenvalue weighted by Gasteiger charge is -2.10. The number of ether oxygens (including phenoxy) is 1. The van der Waals surface area contributed by atoms with Crippen LogP contribution in [0.25, 0.3) is 0 Å². The number of rotatable bonds is 9. The summed E-state index contributed by atoms with van der Waals surface area (Å²) in [5.74, 6) is 1.17. The Bertz CT molecular complexity index is 946. The van der Waals surface area contributed by atoms with Crippen molar-refractivity contribution in [2.45, 2.75) is 25.4 Å². The second-order valence-corrected chi connectivity index (χ2v) is 6.21. The van der Waals surface area contributed by atoms with Gasteiger partial charge in [0.25, 0.3) is 5.56 Å². The molecule has 0 saturated carbocycles. The first-order chi connectivity index (χ1) is 13.7. The highest BCUT2D eigenvalue weighted by atomic mass is 16.5. The third-order valence-corrected chi connectivity index (χ3v) is 4.29. The van der Waals surface area contributed by atoms with Gasteiger partial charge in [0, 0.05) is 25.1 Å². The summed E-state index contributed by atoms with van der Waals surface area (Å²) in [6.45, 7) is 0.653. The van der Waals surface area contributed by atoms with E-state index in [4.69, 9.17) is 4.74 Å². The summed E-state index contributed by atoms with van der Waals surface area (Å²) in [4.78, 5) is 27.5. The maximum absolute atomic E-state index is 12.3. The molecule has 0 fully saturated rings. The standard InChI is InChI=1S/C20H23N5O3/c1-28-17-9-6-12-21-15(17)7-2-5-11-23-20-24-13-14(19(27)25-20)18(26)16-8-3-4-10-22-16/h3-4,6,8-10,12-13,18,26H,2,5,7,11H2,1H3,(H2,23,24,25,27). The second kappa shape index (κ2) is 9.61. The average Bonchev–Trinajstić information content (AvgIpc) is 2.74. The Balaban J connectivity index is 1.50. The van der Waals surface area contributed by atoms with Gasteiger partial charge in [0.2, 0.25) is 5.95 Å². The van der Waals surface area contributed by atoms with E-state index in [0.29, 0.717) is 18.2 Å². The number of aromatic nitrogens is 4. The Kier molecular flexibility index (Phi) is 6.69. The molecule has 8 nitrogen and oxygen atoms in total. The molecule has 0 radical (unpaired) electrons. The number of pyridine rings is 2. The number of unbranched alkanes of at least 4 members (excludes halogenated alkanes) is 1. The Hall–Kier alpha value is -3.26. The van der Waals surface area contributed by atoms with Crippen molar-refractivity contribution in [3.63, 3.8) is 0 Å². The fraction of sp³-hybridized carbons (Fsp3) is 0.300. The predicted molar refractivity (Wildman–Crippen MR) is 105 cm³/mol. The van der Waals surface area contributed by atoms with Crippen molar-refractivity contribution in [2.24, 2.45) is 0 Å². The van der Waals surface area contributed by atoms with E-state index < -0.39 is 11.7 Å². The van der Waals surface area contributed by atoms with Crippen molar-refractivity contribution in [1.82, 2.24) is 19.9 Å². The van der Waals surface area contributed by atoms with Crippen LogP contribution < -0.4 is 15.6 Å². The maximum Gasteiger partial charge on any atom is 0.258 e. The number of aliphatic hydroxyl groups is 1. The van der Waals surface area contributed by atoms with E-state index in [1.807, 2.05) is 12.1 Å². The Morgan fingerprint density at radius 1 is 1.14 bits per heavy atom. The number of methoxy groups -OCH3 is 1. The van der Waals surface area contributed by atoms with E-state index in [-0.39, 0.29) is 5.56 Å². The van der Waals surface area contributed by atoms with Gasteiger partial charge in [-0.05, 0) is 43.5 Å². The van der Waals surface area contributed by atoms with Gasteiger partial charge in [0.05, 0.1) is 24.1 Å². The zero-order chi connectivity index (χ0) is 19.8. The zero-order valence-corrected chi connectivity index (χ0v) is 15.6. The molecule has 1 atom stereocenters. The number of H-pyrrole nitrogens is 1. The molecule has 1 unspecified atom stereocenters. The minimum atomic E-state index is -1.11. The SMILES string of the molecule is COc1cccnc1CCCCNc1ncc(C(O)c2ccccn2)c(=O)[nH]1. The summed E-state index contributed by atoms with van der Waals surface area (Å²) in [6.07, 6.45) is 6.19. The summed E-state index contributed by atoms with van der Waals surface area (Å²) in [7, 11) is 1.64.